The van der Waals surface area contributed by atoms with Crippen LogP contribution in [-0.4, -0.2) is 34.6 Å². The van der Waals surface area contributed by atoms with Crippen molar-refractivity contribution in [3.05, 3.63) is 0 Å². The molecular formula is C13H24O3. The third kappa shape index (κ3) is 2.01. The topological polar surface area (TPSA) is 49.7 Å². The Morgan fingerprint density at radius 1 is 1.38 bits per heavy atom. The second-order valence-electron chi connectivity index (χ2n) is 6.30. The molecule has 2 aliphatic rings. The van der Waals surface area contributed by atoms with Crippen LogP contribution in [0.3, 0.4) is 0 Å². The van der Waals surface area contributed by atoms with Crippen LogP contribution in [0.25, 0.3) is 0 Å². The molecule has 2 N–H and O–H groups in total. The van der Waals surface area contributed by atoms with Crippen LogP contribution in [0.15, 0.2) is 0 Å². The van der Waals surface area contributed by atoms with Crippen LogP contribution in [0, 0.1) is 11.3 Å². The summed E-state index contributed by atoms with van der Waals surface area (Å²) in [6, 6.07) is 0. The van der Waals surface area contributed by atoms with E-state index in [1.807, 2.05) is 6.92 Å². The molecule has 0 aromatic carbocycles. The molecule has 2 fully saturated rings. The van der Waals surface area contributed by atoms with E-state index in [4.69, 9.17) is 4.74 Å². The first-order chi connectivity index (χ1) is 7.36. The molecule has 0 unspecified atom stereocenters. The highest BCUT2D eigenvalue weighted by molar-refractivity contribution is 5.06. The Balaban J connectivity index is 2.11. The van der Waals surface area contributed by atoms with E-state index >= 15 is 0 Å². The number of fused-ring (bicyclic) bond motifs is 2. The van der Waals surface area contributed by atoms with E-state index in [1.165, 1.54) is 0 Å². The summed E-state index contributed by atoms with van der Waals surface area (Å²) in [5, 5.41) is 19.3. The molecule has 0 radical (unpaired) electrons. The monoisotopic (exact) mass is 228 g/mol. The Morgan fingerprint density at radius 2 is 2.06 bits per heavy atom. The van der Waals surface area contributed by atoms with E-state index in [2.05, 4.69) is 13.8 Å². The first-order valence-corrected chi connectivity index (χ1v) is 6.36. The van der Waals surface area contributed by atoms with Crippen molar-refractivity contribution in [1.29, 1.82) is 0 Å². The van der Waals surface area contributed by atoms with Gasteiger partial charge in [0.15, 0.2) is 0 Å². The van der Waals surface area contributed by atoms with Crippen LogP contribution < -0.4 is 0 Å². The van der Waals surface area contributed by atoms with Gasteiger partial charge in [-0.1, -0.05) is 6.92 Å². The van der Waals surface area contributed by atoms with Gasteiger partial charge in [0.2, 0.25) is 0 Å². The van der Waals surface area contributed by atoms with Gasteiger partial charge in [-0.2, -0.15) is 0 Å². The summed E-state index contributed by atoms with van der Waals surface area (Å²) in [5.41, 5.74) is -0.0807. The number of aliphatic hydroxyl groups excluding tert-OH is 2. The average molecular weight is 228 g/mol. The number of aliphatic hydroxyl groups is 2. The van der Waals surface area contributed by atoms with Gasteiger partial charge in [0.05, 0.1) is 24.4 Å². The maximum Gasteiger partial charge on any atom is 0.0713 e. The first-order valence-electron chi connectivity index (χ1n) is 6.36. The van der Waals surface area contributed by atoms with Crippen LogP contribution in [0.2, 0.25) is 0 Å². The summed E-state index contributed by atoms with van der Waals surface area (Å²) in [6.45, 7) is 6.93. The van der Waals surface area contributed by atoms with Gasteiger partial charge in [0, 0.05) is 6.42 Å². The van der Waals surface area contributed by atoms with Crippen molar-refractivity contribution in [3.8, 4) is 0 Å². The van der Waals surface area contributed by atoms with Crippen molar-refractivity contribution in [2.75, 3.05) is 6.61 Å². The Bertz CT molecular complexity index is 246. The van der Waals surface area contributed by atoms with Crippen molar-refractivity contribution >= 4 is 0 Å². The van der Waals surface area contributed by atoms with Crippen LogP contribution in [0.4, 0.5) is 0 Å². The highest BCUT2D eigenvalue weighted by Crippen LogP contribution is 2.55. The van der Waals surface area contributed by atoms with E-state index in [-0.39, 0.29) is 23.2 Å². The van der Waals surface area contributed by atoms with Gasteiger partial charge in [-0.05, 0) is 44.4 Å². The van der Waals surface area contributed by atoms with E-state index < -0.39 is 0 Å². The van der Waals surface area contributed by atoms with Crippen molar-refractivity contribution in [2.45, 2.75) is 64.3 Å². The van der Waals surface area contributed by atoms with Crippen molar-refractivity contribution in [3.63, 3.8) is 0 Å². The summed E-state index contributed by atoms with van der Waals surface area (Å²) in [6.07, 6.45) is 2.95. The summed E-state index contributed by atoms with van der Waals surface area (Å²) in [5.74, 6) is 0.470. The first kappa shape index (κ1) is 12.3. The fraction of sp³-hybridized carbons (Fsp3) is 1.00. The lowest BCUT2D eigenvalue weighted by atomic mass is 9.61. The highest BCUT2D eigenvalue weighted by atomic mass is 16.5. The minimum atomic E-state index is -0.238. The van der Waals surface area contributed by atoms with E-state index in [1.54, 1.807) is 0 Å². The van der Waals surface area contributed by atoms with Gasteiger partial charge in [-0.3, -0.25) is 0 Å². The van der Waals surface area contributed by atoms with Crippen LogP contribution >= 0.6 is 0 Å². The molecule has 0 aromatic rings. The molecule has 0 spiro atoms. The lowest BCUT2D eigenvalue weighted by molar-refractivity contribution is -0.0641. The molecule has 2 rings (SSSR count). The van der Waals surface area contributed by atoms with Gasteiger partial charge in [0.25, 0.3) is 0 Å². The molecular weight excluding hydrogens is 204 g/mol. The Labute approximate surface area is 97.8 Å². The third-order valence-electron chi connectivity index (χ3n) is 4.53. The van der Waals surface area contributed by atoms with E-state index in [0.29, 0.717) is 5.92 Å². The summed E-state index contributed by atoms with van der Waals surface area (Å²) in [7, 11) is 0. The summed E-state index contributed by atoms with van der Waals surface area (Å²) in [4.78, 5) is 0. The molecule has 1 aliphatic heterocycles. The smallest absolute Gasteiger partial charge is 0.0713 e. The Kier molecular flexibility index (Phi) is 3.06. The molecule has 1 saturated carbocycles. The van der Waals surface area contributed by atoms with Crippen molar-refractivity contribution in [2.24, 2.45) is 11.3 Å². The summed E-state index contributed by atoms with van der Waals surface area (Å²) < 4.78 is 5.94. The van der Waals surface area contributed by atoms with Crippen molar-refractivity contribution in [1.82, 2.24) is 0 Å². The van der Waals surface area contributed by atoms with Gasteiger partial charge in [-0.15, -0.1) is 0 Å². The standard InChI is InChI=1S/C13H24O3/c1-9(14)4-5-11-12(2)6-10(15)7-13(11,3)16-8-12/h9-11,14-15H,4-8H2,1-3H3/t9-,10+,11-,12-,13-/m1/s1. The van der Waals surface area contributed by atoms with E-state index in [0.717, 1.165) is 32.3 Å². The zero-order valence-corrected chi connectivity index (χ0v) is 10.6. The van der Waals surface area contributed by atoms with Crippen LogP contribution in [-0.2, 0) is 4.74 Å². The number of hydrogen-bond donors (Lipinski definition) is 2. The van der Waals surface area contributed by atoms with Gasteiger partial charge >= 0.3 is 0 Å². The molecule has 0 amide bonds. The predicted octanol–water partition coefficient (Wildman–Crippen LogP) is 1.71. The van der Waals surface area contributed by atoms with E-state index in [9.17, 15) is 10.2 Å². The molecule has 2 bridgehead atoms. The number of ether oxygens (including phenoxy) is 1. The number of rotatable bonds is 3. The lowest BCUT2D eigenvalue weighted by Crippen LogP contribution is -2.47. The average Bonchev–Trinajstić information content (AvgIpc) is 2.27. The molecule has 3 nitrogen and oxygen atoms in total. The quantitative estimate of drug-likeness (QED) is 0.773. The third-order valence-corrected chi connectivity index (χ3v) is 4.53. The van der Waals surface area contributed by atoms with Gasteiger partial charge < -0.3 is 14.9 Å². The molecule has 1 heterocycles. The molecule has 16 heavy (non-hydrogen) atoms. The second kappa shape index (κ2) is 3.97. The largest absolute Gasteiger partial charge is 0.393 e. The zero-order valence-electron chi connectivity index (χ0n) is 10.6. The Morgan fingerprint density at radius 3 is 2.62 bits per heavy atom. The minimum Gasteiger partial charge on any atom is -0.393 e. The predicted molar refractivity (Wildman–Crippen MR) is 62.1 cm³/mol. The molecule has 1 saturated heterocycles. The maximum atomic E-state index is 9.89. The molecule has 5 atom stereocenters. The summed E-state index contributed by atoms with van der Waals surface area (Å²) >= 11 is 0. The minimum absolute atomic E-state index is 0.0985. The highest BCUT2D eigenvalue weighted by Gasteiger charge is 2.57. The maximum absolute atomic E-state index is 9.89. The molecule has 0 aromatic heterocycles. The Hall–Kier alpha value is -0.120. The van der Waals surface area contributed by atoms with Crippen LogP contribution in [0.5, 0.6) is 0 Å². The fourth-order valence-corrected chi connectivity index (χ4v) is 3.81. The SMILES string of the molecule is C[C@@H](O)CC[C@@H]1[C@@]2(C)CO[C@]1(C)C[C@@H](O)C2. The van der Waals surface area contributed by atoms with Crippen molar-refractivity contribution < 1.29 is 14.9 Å². The lowest BCUT2D eigenvalue weighted by Gasteiger charge is -2.44. The van der Waals surface area contributed by atoms with Crippen LogP contribution in [0.1, 0.15) is 46.5 Å². The number of hydrogen-bond acceptors (Lipinski definition) is 3. The zero-order chi connectivity index (χ0) is 12.0. The second-order valence-corrected chi connectivity index (χ2v) is 6.30. The van der Waals surface area contributed by atoms with Gasteiger partial charge in [-0.25, -0.2) is 0 Å². The fourth-order valence-electron chi connectivity index (χ4n) is 3.81. The van der Waals surface area contributed by atoms with Gasteiger partial charge in [0.1, 0.15) is 0 Å². The molecule has 3 heteroatoms. The molecule has 94 valence electrons. The molecule has 1 aliphatic carbocycles. The normalized spacial score (nSPS) is 49.3.